The van der Waals surface area contributed by atoms with Crippen LogP contribution in [0.15, 0.2) is 24.3 Å². The van der Waals surface area contributed by atoms with Gasteiger partial charge in [0.2, 0.25) is 10.0 Å². The summed E-state index contributed by atoms with van der Waals surface area (Å²) in [5, 5.41) is 12.9. The van der Waals surface area contributed by atoms with E-state index in [1.807, 2.05) is 0 Å². The van der Waals surface area contributed by atoms with Crippen molar-refractivity contribution in [3.8, 4) is 5.75 Å². The van der Waals surface area contributed by atoms with Gasteiger partial charge in [0.25, 0.3) is 0 Å². The Kier molecular flexibility index (Phi) is 5.47. The van der Waals surface area contributed by atoms with Crippen molar-refractivity contribution < 1.29 is 13.5 Å². The summed E-state index contributed by atoms with van der Waals surface area (Å²) in [6.07, 6.45) is 4.03. The van der Waals surface area contributed by atoms with Gasteiger partial charge in [0.05, 0.1) is 11.4 Å². The number of hydrogen-bond donors (Lipinski definition) is 2. The second-order valence-corrected chi connectivity index (χ2v) is 7.45. The van der Waals surface area contributed by atoms with E-state index in [1.165, 1.54) is 29.3 Å². The molecule has 0 radical (unpaired) electrons. The Morgan fingerprint density at radius 2 is 2.19 bits per heavy atom. The molecule has 0 saturated carbocycles. The number of aromatic hydroxyl groups is 1. The molecule has 0 amide bonds. The average Bonchev–Trinajstić information content (AvgIpc) is 2.47. The molecule has 0 aliphatic carbocycles. The van der Waals surface area contributed by atoms with E-state index in [0.29, 0.717) is 24.7 Å². The SMILES string of the molecule is CCN(c1cccc(O)c1)S(=O)(=O)CCC1CCCCN1. The molecule has 6 heteroatoms. The molecule has 1 heterocycles. The van der Waals surface area contributed by atoms with E-state index in [9.17, 15) is 13.5 Å². The predicted molar refractivity (Wildman–Crippen MR) is 85.2 cm³/mol. The number of sulfonamides is 1. The monoisotopic (exact) mass is 312 g/mol. The maximum atomic E-state index is 12.5. The number of benzene rings is 1. The molecule has 1 atom stereocenters. The molecule has 0 aromatic heterocycles. The second-order valence-electron chi connectivity index (χ2n) is 5.44. The van der Waals surface area contributed by atoms with Crippen molar-refractivity contribution in [1.29, 1.82) is 0 Å². The number of nitrogens with zero attached hydrogens (tertiary/aromatic N) is 1. The largest absolute Gasteiger partial charge is 0.508 e. The highest BCUT2D eigenvalue weighted by Crippen LogP contribution is 2.23. The summed E-state index contributed by atoms with van der Waals surface area (Å²) < 4.78 is 26.4. The average molecular weight is 312 g/mol. The molecule has 118 valence electrons. The summed E-state index contributed by atoms with van der Waals surface area (Å²) in [4.78, 5) is 0. The van der Waals surface area contributed by atoms with Crippen molar-refractivity contribution in [3.05, 3.63) is 24.3 Å². The topological polar surface area (TPSA) is 69.6 Å². The van der Waals surface area contributed by atoms with E-state index < -0.39 is 10.0 Å². The van der Waals surface area contributed by atoms with Crippen LogP contribution in [0, 0.1) is 0 Å². The number of anilines is 1. The molecule has 1 unspecified atom stereocenters. The minimum absolute atomic E-state index is 0.0788. The molecular weight excluding hydrogens is 288 g/mol. The minimum Gasteiger partial charge on any atom is -0.508 e. The van der Waals surface area contributed by atoms with Crippen LogP contribution in [0.3, 0.4) is 0 Å². The fourth-order valence-electron chi connectivity index (χ4n) is 2.76. The summed E-state index contributed by atoms with van der Waals surface area (Å²) in [6.45, 7) is 3.15. The number of phenols is 1. The van der Waals surface area contributed by atoms with E-state index in [-0.39, 0.29) is 11.5 Å². The summed E-state index contributed by atoms with van der Waals surface area (Å²) in [6, 6.07) is 6.69. The van der Waals surface area contributed by atoms with Gasteiger partial charge in [-0.2, -0.15) is 0 Å². The third-order valence-corrected chi connectivity index (χ3v) is 5.77. The van der Waals surface area contributed by atoms with Crippen molar-refractivity contribution in [2.75, 3.05) is 23.1 Å². The predicted octanol–water partition coefficient (Wildman–Crippen LogP) is 2.08. The molecule has 21 heavy (non-hydrogen) atoms. The number of rotatable bonds is 6. The van der Waals surface area contributed by atoms with Crippen molar-refractivity contribution in [2.24, 2.45) is 0 Å². The lowest BCUT2D eigenvalue weighted by Gasteiger charge is -2.26. The van der Waals surface area contributed by atoms with Gasteiger partial charge >= 0.3 is 0 Å². The van der Waals surface area contributed by atoms with Gasteiger partial charge in [0.1, 0.15) is 5.75 Å². The number of phenolic OH excluding ortho intramolecular Hbond substituents is 1. The normalized spacial score (nSPS) is 19.4. The van der Waals surface area contributed by atoms with Gasteiger partial charge in [-0.1, -0.05) is 12.5 Å². The van der Waals surface area contributed by atoms with E-state index in [4.69, 9.17) is 0 Å². The van der Waals surface area contributed by atoms with E-state index in [1.54, 1.807) is 19.1 Å². The van der Waals surface area contributed by atoms with Crippen LogP contribution >= 0.6 is 0 Å². The van der Waals surface area contributed by atoms with Crippen LogP contribution in [0.4, 0.5) is 5.69 Å². The molecule has 2 rings (SSSR count). The van der Waals surface area contributed by atoms with Gasteiger partial charge < -0.3 is 10.4 Å². The number of piperidine rings is 1. The Labute approximate surface area is 127 Å². The standard InChI is InChI=1S/C15H24N2O3S/c1-2-17(14-7-5-8-15(18)12-14)21(19,20)11-9-13-6-3-4-10-16-13/h5,7-8,12-13,16,18H,2-4,6,9-11H2,1H3. The summed E-state index contributed by atoms with van der Waals surface area (Å²) in [5.41, 5.74) is 0.522. The first-order valence-electron chi connectivity index (χ1n) is 7.56. The van der Waals surface area contributed by atoms with Crippen LogP contribution in [-0.2, 0) is 10.0 Å². The maximum absolute atomic E-state index is 12.5. The number of nitrogens with one attached hydrogen (secondary N) is 1. The van der Waals surface area contributed by atoms with Crippen LogP contribution in [-0.4, -0.2) is 38.4 Å². The van der Waals surface area contributed by atoms with Crippen molar-refractivity contribution in [2.45, 2.75) is 38.6 Å². The van der Waals surface area contributed by atoms with Gasteiger partial charge in [-0.25, -0.2) is 8.42 Å². The van der Waals surface area contributed by atoms with Crippen molar-refractivity contribution in [1.82, 2.24) is 5.32 Å². The Bertz CT molecular complexity index is 554. The first kappa shape index (κ1) is 16.1. The van der Waals surface area contributed by atoms with Crippen LogP contribution < -0.4 is 9.62 Å². The zero-order valence-electron chi connectivity index (χ0n) is 12.5. The molecule has 0 spiro atoms. The first-order chi connectivity index (χ1) is 10.0. The third-order valence-electron chi connectivity index (χ3n) is 3.88. The first-order valence-corrected chi connectivity index (χ1v) is 9.16. The van der Waals surface area contributed by atoms with Crippen molar-refractivity contribution in [3.63, 3.8) is 0 Å². The third kappa shape index (κ3) is 4.35. The van der Waals surface area contributed by atoms with Crippen LogP contribution in [0.1, 0.15) is 32.6 Å². The van der Waals surface area contributed by atoms with Gasteiger partial charge in [-0.15, -0.1) is 0 Å². The number of hydrogen-bond acceptors (Lipinski definition) is 4. The lowest BCUT2D eigenvalue weighted by Crippen LogP contribution is -2.38. The zero-order chi connectivity index (χ0) is 15.3. The molecule has 1 aliphatic heterocycles. The Morgan fingerprint density at radius 3 is 2.81 bits per heavy atom. The van der Waals surface area contributed by atoms with Crippen LogP contribution in [0.25, 0.3) is 0 Å². The molecule has 5 nitrogen and oxygen atoms in total. The molecule has 1 aromatic rings. The van der Waals surface area contributed by atoms with Crippen LogP contribution in [0.2, 0.25) is 0 Å². The highest BCUT2D eigenvalue weighted by Gasteiger charge is 2.23. The van der Waals surface area contributed by atoms with Crippen molar-refractivity contribution >= 4 is 15.7 Å². The smallest absolute Gasteiger partial charge is 0.235 e. The van der Waals surface area contributed by atoms with E-state index >= 15 is 0 Å². The van der Waals surface area contributed by atoms with Gasteiger partial charge in [-0.05, 0) is 44.9 Å². The fraction of sp³-hybridized carbons (Fsp3) is 0.600. The Hall–Kier alpha value is -1.27. The molecule has 1 aliphatic rings. The summed E-state index contributed by atoms with van der Waals surface area (Å²) in [7, 11) is -3.36. The lowest BCUT2D eigenvalue weighted by molar-refractivity contribution is 0.392. The van der Waals surface area contributed by atoms with E-state index in [2.05, 4.69) is 5.32 Å². The highest BCUT2D eigenvalue weighted by atomic mass is 32.2. The molecule has 0 bridgehead atoms. The molecule has 2 N–H and O–H groups in total. The zero-order valence-corrected chi connectivity index (χ0v) is 13.3. The van der Waals surface area contributed by atoms with Crippen LogP contribution in [0.5, 0.6) is 5.75 Å². The molecular formula is C15H24N2O3S. The van der Waals surface area contributed by atoms with Gasteiger partial charge in [-0.3, -0.25) is 4.31 Å². The van der Waals surface area contributed by atoms with Gasteiger partial charge in [0, 0.05) is 18.7 Å². The molecule has 1 fully saturated rings. The Balaban J connectivity index is 2.05. The quantitative estimate of drug-likeness (QED) is 0.844. The Morgan fingerprint density at radius 1 is 1.38 bits per heavy atom. The highest BCUT2D eigenvalue weighted by molar-refractivity contribution is 7.92. The maximum Gasteiger partial charge on any atom is 0.235 e. The van der Waals surface area contributed by atoms with Gasteiger partial charge in [0.15, 0.2) is 0 Å². The molecule has 1 saturated heterocycles. The fourth-order valence-corrected chi connectivity index (χ4v) is 4.39. The summed E-state index contributed by atoms with van der Waals surface area (Å²) in [5.74, 6) is 0.212. The molecule has 1 aromatic carbocycles. The second kappa shape index (κ2) is 7.13. The van der Waals surface area contributed by atoms with E-state index in [0.717, 1.165) is 13.0 Å². The summed E-state index contributed by atoms with van der Waals surface area (Å²) >= 11 is 0. The lowest BCUT2D eigenvalue weighted by atomic mass is 10.0. The minimum atomic E-state index is -3.36.